The van der Waals surface area contributed by atoms with Gasteiger partial charge in [-0.1, -0.05) is 271 Å². The number of aliphatic hydroxyl groups excluding tert-OH is 2. The number of carbonyl (C=O) groups is 3. The van der Waals surface area contributed by atoms with Crippen LogP contribution >= 0.6 is 15.6 Å². The first kappa shape index (κ1) is 93.0. The molecule has 0 bridgehead atoms. The van der Waals surface area contributed by atoms with E-state index in [0.717, 1.165) is 173 Å². The van der Waals surface area contributed by atoms with Crippen molar-refractivity contribution in [3.05, 3.63) is 122 Å². The molecule has 558 valence electrons. The summed E-state index contributed by atoms with van der Waals surface area (Å²) >= 11 is 0. The van der Waals surface area contributed by atoms with Crippen LogP contribution in [-0.4, -0.2) is 95.9 Å². The van der Waals surface area contributed by atoms with Crippen molar-refractivity contribution >= 4 is 33.6 Å². The minimum atomic E-state index is -4.94. The number of phosphoric ester groups is 2. The third-order valence-electron chi connectivity index (χ3n) is 15.6. The highest BCUT2D eigenvalue weighted by Crippen LogP contribution is 2.45. The summed E-state index contributed by atoms with van der Waals surface area (Å²) in [6.45, 7) is 2.49. The molecule has 0 aromatic carbocycles. The summed E-state index contributed by atoms with van der Waals surface area (Å²) in [6.07, 6.45) is 83.7. The van der Waals surface area contributed by atoms with Gasteiger partial charge < -0.3 is 34.2 Å². The predicted octanol–water partition coefficient (Wildman–Crippen LogP) is 21.8. The van der Waals surface area contributed by atoms with Gasteiger partial charge >= 0.3 is 33.6 Å². The quantitative estimate of drug-likeness (QED) is 0.0146. The van der Waals surface area contributed by atoms with Crippen LogP contribution in [0.2, 0.25) is 0 Å². The number of rotatable bonds is 71. The zero-order chi connectivity index (χ0) is 70.9. The second-order valence-corrected chi connectivity index (χ2v) is 28.0. The van der Waals surface area contributed by atoms with Crippen molar-refractivity contribution in [1.29, 1.82) is 0 Å². The Morgan fingerprint density at radius 2 is 0.546 bits per heavy atom. The van der Waals surface area contributed by atoms with E-state index in [4.69, 9.17) is 32.3 Å². The minimum absolute atomic E-state index is 0.0878. The first-order valence-corrected chi connectivity index (χ1v) is 40.8. The minimum Gasteiger partial charge on any atom is -0.463 e. The van der Waals surface area contributed by atoms with Crippen LogP contribution < -0.4 is 0 Å². The molecule has 0 aliphatic carbocycles. The Balaban J connectivity index is 4.63. The van der Waals surface area contributed by atoms with Crippen LogP contribution in [0.4, 0.5) is 0 Å². The molecule has 0 aromatic heterocycles. The van der Waals surface area contributed by atoms with Gasteiger partial charge in [0.2, 0.25) is 0 Å². The van der Waals surface area contributed by atoms with Crippen LogP contribution in [-0.2, 0) is 55.8 Å². The molecular weight excluding hydrogens is 1270 g/mol. The van der Waals surface area contributed by atoms with E-state index in [1.807, 2.05) is 0 Å². The summed E-state index contributed by atoms with van der Waals surface area (Å²) in [4.78, 5) is 58.6. The van der Waals surface area contributed by atoms with Crippen molar-refractivity contribution in [2.45, 2.75) is 322 Å². The molecule has 16 nitrogen and oxygen atoms in total. The number of esters is 3. The van der Waals surface area contributed by atoms with Gasteiger partial charge in [0.1, 0.15) is 25.4 Å². The standard InChI is InChI=1S/C79H136O16P2/c1-4-7-10-13-16-19-22-25-28-31-33-34-35-36-37-38-40-43-44-47-50-53-56-59-62-65-77(82)89-68-74(80)69-91-96(85,86)92-70-75(81)71-93-97(87,88)94-73-76(95-79(84)67-64-61-58-55-52-49-46-41-30-27-24-21-18-15-12-9-6-3)72-90-78(83)66-63-60-57-54-51-48-45-42-39-32-29-26-23-20-17-14-11-8-5-2/h9,12,16-21,25-30,33-34,36-37,39,42,74-76,80-81H,4-8,10-11,13-15,22-24,31-32,35,38,40-41,43-73H2,1-3H3,(H,85,86)(H,87,88)/b12-9-,19-16-,20-17-,21-18-,28-25-,29-26-,30-27-,34-33-,37-36-,42-39-. The number of phosphoric acid groups is 2. The van der Waals surface area contributed by atoms with Gasteiger partial charge in [0.05, 0.1) is 26.4 Å². The molecule has 0 aromatic rings. The monoisotopic (exact) mass is 1400 g/mol. The molecule has 0 spiro atoms. The van der Waals surface area contributed by atoms with E-state index < -0.39 is 91.5 Å². The molecule has 0 fully saturated rings. The molecular formula is C79H136O16P2. The maximum Gasteiger partial charge on any atom is 0.472 e. The summed E-state index contributed by atoms with van der Waals surface area (Å²) in [5, 5.41) is 20.6. The number of hydrogen-bond donors (Lipinski definition) is 4. The van der Waals surface area contributed by atoms with E-state index in [9.17, 15) is 43.5 Å². The van der Waals surface area contributed by atoms with Gasteiger partial charge in [-0.2, -0.15) is 0 Å². The molecule has 0 heterocycles. The zero-order valence-electron chi connectivity index (χ0n) is 60.7. The fraction of sp³-hybridized carbons (Fsp3) is 0.709. The number of carbonyl (C=O) groups excluding carboxylic acids is 3. The van der Waals surface area contributed by atoms with Gasteiger partial charge in [0.15, 0.2) is 6.10 Å². The first-order valence-electron chi connectivity index (χ1n) is 37.8. The Bertz CT molecular complexity index is 2250. The Morgan fingerprint density at radius 1 is 0.299 bits per heavy atom. The van der Waals surface area contributed by atoms with Gasteiger partial charge in [-0.15, -0.1) is 0 Å². The fourth-order valence-corrected chi connectivity index (χ4v) is 11.5. The maximum absolute atomic E-state index is 13.0. The lowest BCUT2D eigenvalue weighted by atomic mass is 10.1. The second kappa shape index (κ2) is 71.8. The number of aliphatic hydroxyl groups is 2. The highest BCUT2D eigenvalue weighted by Gasteiger charge is 2.29. The molecule has 0 aliphatic heterocycles. The van der Waals surface area contributed by atoms with Gasteiger partial charge in [0.25, 0.3) is 0 Å². The lowest BCUT2D eigenvalue weighted by Crippen LogP contribution is -2.30. The number of hydrogen-bond acceptors (Lipinski definition) is 14. The zero-order valence-corrected chi connectivity index (χ0v) is 62.5. The normalized spacial score (nSPS) is 14.8. The van der Waals surface area contributed by atoms with Crippen molar-refractivity contribution in [3.8, 4) is 0 Å². The highest BCUT2D eigenvalue weighted by molar-refractivity contribution is 7.47. The van der Waals surface area contributed by atoms with Crippen LogP contribution in [0.3, 0.4) is 0 Å². The molecule has 5 atom stereocenters. The average molecular weight is 1400 g/mol. The van der Waals surface area contributed by atoms with Crippen LogP contribution in [0.25, 0.3) is 0 Å². The van der Waals surface area contributed by atoms with Crippen molar-refractivity contribution < 1.29 is 75.8 Å². The van der Waals surface area contributed by atoms with Crippen LogP contribution in [0, 0.1) is 0 Å². The molecule has 0 rings (SSSR count). The molecule has 0 aliphatic rings. The van der Waals surface area contributed by atoms with Crippen molar-refractivity contribution in [1.82, 2.24) is 0 Å². The third-order valence-corrected chi connectivity index (χ3v) is 17.5. The number of allylic oxidation sites excluding steroid dienone is 20. The topological polar surface area (TPSA) is 231 Å². The smallest absolute Gasteiger partial charge is 0.463 e. The molecule has 18 heteroatoms. The van der Waals surface area contributed by atoms with Crippen molar-refractivity contribution in [3.63, 3.8) is 0 Å². The SMILES string of the molecule is CC/C=C\C/C=C\C/C=C\CCCCCCCCCC(=O)OC(COC(=O)CCCCCCCC/C=C\C/C=C\C/C=C\CCCCC)COP(=O)(O)OCC(O)COP(=O)(O)OCC(O)COC(=O)CCCCCCCCCCC/C=C\C/C=C\C/C=C\C/C=C\CCCCC. The summed E-state index contributed by atoms with van der Waals surface area (Å²) in [5.41, 5.74) is 0. The maximum atomic E-state index is 13.0. The van der Waals surface area contributed by atoms with Crippen LogP contribution in [0.1, 0.15) is 303 Å². The fourth-order valence-electron chi connectivity index (χ4n) is 9.87. The van der Waals surface area contributed by atoms with E-state index in [1.54, 1.807) is 0 Å². The van der Waals surface area contributed by atoms with E-state index in [0.29, 0.717) is 19.3 Å². The van der Waals surface area contributed by atoms with Gasteiger partial charge in [-0.05, 0) is 135 Å². The highest BCUT2D eigenvalue weighted by atomic mass is 31.2. The molecule has 0 amide bonds. The van der Waals surface area contributed by atoms with Crippen molar-refractivity contribution in [2.24, 2.45) is 0 Å². The Morgan fingerprint density at radius 3 is 0.866 bits per heavy atom. The Kier molecular flexibility index (Phi) is 68.8. The van der Waals surface area contributed by atoms with E-state index in [2.05, 4.69) is 142 Å². The van der Waals surface area contributed by atoms with Gasteiger partial charge in [-0.3, -0.25) is 32.5 Å². The number of unbranched alkanes of at least 4 members (excludes halogenated alkanes) is 28. The van der Waals surface area contributed by atoms with E-state index >= 15 is 0 Å². The van der Waals surface area contributed by atoms with Crippen LogP contribution in [0.15, 0.2) is 122 Å². The summed E-state index contributed by atoms with van der Waals surface area (Å²) in [6, 6.07) is 0. The summed E-state index contributed by atoms with van der Waals surface area (Å²) < 4.78 is 61.1. The molecule has 0 saturated carbocycles. The van der Waals surface area contributed by atoms with Gasteiger partial charge in [-0.25, -0.2) is 9.13 Å². The molecule has 0 radical (unpaired) electrons. The predicted molar refractivity (Wildman–Crippen MR) is 399 cm³/mol. The summed E-state index contributed by atoms with van der Waals surface area (Å²) in [5.74, 6) is -1.60. The lowest BCUT2D eigenvalue weighted by Gasteiger charge is -2.21. The molecule has 5 unspecified atom stereocenters. The third kappa shape index (κ3) is 73.0. The van der Waals surface area contributed by atoms with Crippen LogP contribution in [0.5, 0.6) is 0 Å². The lowest BCUT2D eigenvalue weighted by molar-refractivity contribution is -0.161. The average Bonchev–Trinajstić information content (AvgIpc) is 1.36. The Labute approximate surface area is 589 Å². The largest absolute Gasteiger partial charge is 0.472 e. The molecule has 97 heavy (non-hydrogen) atoms. The second-order valence-electron chi connectivity index (χ2n) is 25.1. The van der Waals surface area contributed by atoms with E-state index in [1.165, 1.54) is 70.6 Å². The van der Waals surface area contributed by atoms with Crippen molar-refractivity contribution in [2.75, 3.05) is 39.6 Å². The Hall–Kier alpha value is -4.05. The molecule has 4 N–H and O–H groups in total. The summed E-state index contributed by atoms with van der Waals surface area (Å²) in [7, 11) is -9.80. The number of ether oxygens (including phenoxy) is 3. The first-order chi connectivity index (χ1) is 47.2. The van der Waals surface area contributed by atoms with E-state index in [-0.39, 0.29) is 19.3 Å². The molecule has 0 saturated heterocycles. The van der Waals surface area contributed by atoms with Gasteiger partial charge in [0, 0.05) is 19.3 Å².